The minimum atomic E-state index is 0.184. The summed E-state index contributed by atoms with van der Waals surface area (Å²) in [7, 11) is 0. The molecule has 0 aromatic heterocycles. The van der Waals surface area contributed by atoms with Crippen LogP contribution < -0.4 is 5.32 Å². The fourth-order valence-electron chi connectivity index (χ4n) is 4.78. The molecule has 4 rings (SSSR count). The third kappa shape index (κ3) is 1.41. The quantitative estimate of drug-likeness (QED) is 0.703. The van der Waals surface area contributed by atoms with Gasteiger partial charge < -0.3 is 5.32 Å². The van der Waals surface area contributed by atoms with Crippen molar-refractivity contribution in [2.24, 2.45) is 17.8 Å². The Labute approximate surface area is 91.8 Å². The maximum Gasteiger partial charge on any atom is 0.217 e. The number of hydrogen-bond donors (Lipinski definition) is 1. The van der Waals surface area contributed by atoms with E-state index in [1.807, 2.05) is 0 Å². The molecule has 1 N–H and O–H groups in total. The van der Waals surface area contributed by atoms with Gasteiger partial charge in [0.25, 0.3) is 0 Å². The summed E-state index contributed by atoms with van der Waals surface area (Å²) in [6.45, 7) is 1.68. The van der Waals surface area contributed by atoms with E-state index in [0.29, 0.717) is 0 Å². The minimum Gasteiger partial charge on any atom is -0.351 e. The topological polar surface area (TPSA) is 29.1 Å². The molecule has 0 saturated heterocycles. The van der Waals surface area contributed by atoms with Gasteiger partial charge in [0.15, 0.2) is 0 Å². The van der Waals surface area contributed by atoms with Gasteiger partial charge >= 0.3 is 0 Å². The number of rotatable bonds is 1. The predicted octanol–water partition coefficient (Wildman–Crippen LogP) is 2.48. The van der Waals surface area contributed by atoms with Crippen LogP contribution in [-0.2, 0) is 4.79 Å². The van der Waals surface area contributed by atoms with E-state index >= 15 is 0 Å². The first-order valence-corrected chi connectivity index (χ1v) is 6.48. The van der Waals surface area contributed by atoms with Crippen LogP contribution in [0.15, 0.2) is 0 Å². The van der Waals surface area contributed by atoms with Crippen molar-refractivity contribution in [1.29, 1.82) is 0 Å². The second kappa shape index (κ2) is 3.23. The summed E-state index contributed by atoms with van der Waals surface area (Å²) in [5.41, 5.74) is 0.218. The van der Waals surface area contributed by atoms with Crippen molar-refractivity contribution in [2.75, 3.05) is 0 Å². The van der Waals surface area contributed by atoms with E-state index in [-0.39, 0.29) is 11.4 Å². The smallest absolute Gasteiger partial charge is 0.217 e. The standard InChI is InChI=1S/C13H21NO/c1-9(15)14-13-6-2-3-11-7-10(8-13)4-5-12(11)13/h10-12H,2-8H2,1H3,(H,14,15)/t10-,11+,12-,13-/m1/s1. The number of fused-ring (bicyclic) bond motifs is 1. The third-order valence-corrected chi connectivity index (χ3v) is 5.08. The fourth-order valence-corrected chi connectivity index (χ4v) is 4.78. The number of nitrogens with one attached hydrogen (secondary N) is 1. The monoisotopic (exact) mass is 207 g/mol. The minimum absolute atomic E-state index is 0.184. The molecule has 0 aliphatic heterocycles. The summed E-state index contributed by atoms with van der Waals surface area (Å²) >= 11 is 0. The molecule has 0 heterocycles. The van der Waals surface area contributed by atoms with Crippen molar-refractivity contribution in [1.82, 2.24) is 5.32 Å². The highest BCUT2D eigenvalue weighted by Gasteiger charge is 2.53. The maximum atomic E-state index is 11.4. The molecular weight excluding hydrogens is 186 g/mol. The highest BCUT2D eigenvalue weighted by Crippen LogP contribution is 2.56. The van der Waals surface area contributed by atoms with Crippen LogP contribution in [0.4, 0.5) is 0 Å². The van der Waals surface area contributed by atoms with Gasteiger partial charge in [0.1, 0.15) is 0 Å². The van der Waals surface area contributed by atoms with E-state index in [1.165, 1.54) is 44.9 Å². The van der Waals surface area contributed by atoms with Crippen LogP contribution in [0.25, 0.3) is 0 Å². The van der Waals surface area contributed by atoms with Gasteiger partial charge in [-0.15, -0.1) is 0 Å². The Morgan fingerprint density at radius 2 is 2.20 bits per heavy atom. The van der Waals surface area contributed by atoms with E-state index in [1.54, 1.807) is 6.92 Å². The van der Waals surface area contributed by atoms with E-state index < -0.39 is 0 Å². The summed E-state index contributed by atoms with van der Waals surface area (Å²) < 4.78 is 0. The molecule has 0 aromatic rings. The first-order valence-electron chi connectivity index (χ1n) is 6.48. The van der Waals surface area contributed by atoms with E-state index in [2.05, 4.69) is 5.32 Å². The van der Waals surface area contributed by atoms with Gasteiger partial charge in [0, 0.05) is 12.5 Å². The lowest BCUT2D eigenvalue weighted by atomic mass is 9.51. The highest BCUT2D eigenvalue weighted by molar-refractivity contribution is 5.74. The lowest BCUT2D eigenvalue weighted by molar-refractivity contribution is -0.126. The molecule has 0 radical (unpaired) electrons. The van der Waals surface area contributed by atoms with Crippen LogP contribution in [-0.4, -0.2) is 11.4 Å². The summed E-state index contributed by atoms with van der Waals surface area (Å²) in [6, 6.07) is 0. The summed E-state index contributed by atoms with van der Waals surface area (Å²) in [4.78, 5) is 11.4. The number of carbonyl (C=O) groups excluding carboxylic acids is 1. The van der Waals surface area contributed by atoms with Crippen molar-refractivity contribution < 1.29 is 4.79 Å². The van der Waals surface area contributed by atoms with Crippen molar-refractivity contribution in [3.05, 3.63) is 0 Å². The fraction of sp³-hybridized carbons (Fsp3) is 0.923. The molecule has 0 aromatic carbocycles. The van der Waals surface area contributed by atoms with Crippen LogP contribution >= 0.6 is 0 Å². The zero-order valence-electron chi connectivity index (χ0n) is 9.59. The Bertz CT molecular complexity index is 288. The number of hydrogen-bond acceptors (Lipinski definition) is 1. The molecule has 4 bridgehead atoms. The summed E-state index contributed by atoms with van der Waals surface area (Å²) in [5, 5.41) is 3.32. The lowest BCUT2D eigenvalue weighted by Gasteiger charge is -2.58. The van der Waals surface area contributed by atoms with Gasteiger partial charge in [0.05, 0.1) is 0 Å². The van der Waals surface area contributed by atoms with Crippen LogP contribution in [0, 0.1) is 17.8 Å². The average Bonchev–Trinajstić information content (AvgIpc) is 2.16. The molecule has 4 atom stereocenters. The molecule has 0 spiro atoms. The van der Waals surface area contributed by atoms with Crippen LogP contribution in [0.2, 0.25) is 0 Å². The molecule has 15 heavy (non-hydrogen) atoms. The summed E-state index contributed by atoms with van der Waals surface area (Å²) in [6.07, 6.45) is 9.50. The van der Waals surface area contributed by atoms with Crippen molar-refractivity contribution in [3.8, 4) is 0 Å². The van der Waals surface area contributed by atoms with Crippen LogP contribution in [0.1, 0.15) is 51.9 Å². The highest BCUT2D eigenvalue weighted by atomic mass is 16.1. The average molecular weight is 207 g/mol. The largest absolute Gasteiger partial charge is 0.351 e. The Balaban J connectivity index is 1.89. The molecule has 0 unspecified atom stereocenters. The molecule has 2 heteroatoms. The Morgan fingerprint density at radius 1 is 1.33 bits per heavy atom. The molecule has 1 amide bonds. The van der Waals surface area contributed by atoms with Gasteiger partial charge in [-0.05, 0) is 56.3 Å². The van der Waals surface area contributed by atoms with Crippen molar-refractivity contribution >= 4 is 5.91 Å². The van der Waals surface area contributed by atoms with Gasteiger partial charge in [0.2, 0.25) is 5.91 Å². The van der Waals surface area contributed by atoms with E-state index in [4.69, 9.17) is 0 Å². The molecule has 4 aliphatic carbocycles. The first kappa shape index (κ1) is 9.68. The normalized spacial score (nSPS) is 47.7. The second-order valence-electron chi connectivity index (χ2n) is 5.98. The first-order chi connectivity index (χ1) is 7.20. The van der Waals surface area contributed by atoms with Gasteiger partial charge in [-0.1, -0.05) is 6.42 Å². The third-order valence-electron chi connectivity index (χ3n) is 5.08. The zero-order valence-corrected chi connectivity index (χ0v) is 9.59. The molecule has 84 valence electrons. The van der Waals surface area contributed by atoms with E-state index in [9.17, 15) is 4.79 Å². The number of carbonyl (C=O) groups is 1. The molecular formula is C13H21NO. The Hall–Kier alpha value is -0.530. The predicted molar refractivity (Wildman–Crippen MR) is 59.3 cm³/mol. The van der Waals surface area contributed by atoms with Gasteiger partial charge in [-0.3, -0.25) is 4.79 Å². The molecule has 4 fully saturated rings. The van der Waals surface area contributed by atoms with Crippen molar-refractivity contribution in [3.63, 3.8) is 0 Å². The molecule has 4 aliphatic rings. The molecule has 4 saturated carbocycles. The molecule has 2 nitrogen and oxygen atoms in total. The Morgan fingerprint density at radius 3 is 2.93 bits per heavy atom. The van der Waals surface area contributed by atoms with Crippen LogP contribution in [0.3, 0.4) is 0 Å². The SMILES string of the molecule is CC(=O)N[C@@]12CCC[C@H]3C[C@@H](CC[C@H]31)C2. The lowest BCUT2D eigenvalue weighted by Crippen LogP contribution is -2.63. The Kier molecular flexibility index (Phi) is 2.08. The van der Waals surface area contributed by atoms with E-state index in [0.717, 1.165) is 17.8 Å². The zero-order chi connectivity index (χ0) is 10.5. The van der Waals surface area contributed by atoms with Gasteiger partial charge in [-0.2, -0.15) is 0 Å². The number of amides is 1. The summed E-state index contributed by atoms with van der Waals surface area (Å²) in [5.74, 6) is 2.83. The van der Waals surface area contributed by atoms with Crippen LogP contribution in [0.5, 0.6) is 0 Å². The van der Waals surface area contributed by atoms with Gasteiger partial charge in [-0.25, -0.2) is 0 Å². The second-order valence-corrected chi connectivity index (χ2v) is 5.98. The maximum absolute atomic E-state index is 11.4. The van der Waals surface area contributed by atoms with Crippen molar-refractivity contribution in [2.45, 2.75) is 57.4 Å².